The van der Waals surface area contributed by atoms with Crippen molar-refractivity contribution in [3.8, 4) is 0 Å². The minimum atomic E-state index is -3.54. The van der Waals surface area contributed by atoms with E-state index in [-0.39, 0.29) is 17.3 Å². The molecule has 0 unspecified atom stereocenters. The predicted molar refractivity (Wildman–Crippen MR) is 78.8 cm³/mol. The Morgan fingerprint density at radius 1 is 1.40 bits per heavy atom. The normalized spacial score (nSPS) is 11.1. The minimum absolute atomic E-state index is 0.111. The van der Waals surface area contributed by atoms with Crippen LogP contribution in [0.5, 0.6) is 0 Å². The van der Waals surface area contributed by atoms with Crippen molar-refractivity contribution in [3.63, 3.8) is 0 Å². The standard InChI is InChI=1S/C14H20N2O3S/c1-4-10-16(13(3)17)11-9-15-20(18,19)14-8-6-5-7-12(14)2/h4-8,15H,1,9-11H2,2-3H3. The van der Waals surface area contributed by atoms with Crippen LogP contribution in [-0.4, -0.2) is 38.9 Å². The summed E-state index contributed by atoms with van der Waals surface area (Å²) in [6.45, 7) is 7.64. The Labute approximate surface area is 120 Å². The molecule has 0 aromatic heterocycles. The van der Waals surface area contributed by atoms with Gasteiger partial charge in [-0.05, 0) is 18.6 Å². The van der Waals surface area contributed by atoms with Gasteiger partial charge in [0.25, 0.3) is 0 Å². The van der Waals surface area contributed by atoms with Gasteiger partial charge >= 0.3 is 0 Å². The molecule has 0 saturated carbocycles. The maximum atomic E-state index is 12.1. The van der Waals surface area contributed by atoms with Crippen LogP contribution in [-0.2, 0) is 14.8 Å². The first-order valence-electron chi connectivity index (χ1n) is 6.30. The number of benzene rings is 1. The second-order valence-electron chi connectivity index (χ2n) is 4.42. The van der Waals surface area contributed by atoms with Crippen molar-refractivity contribution in [2.45, 2.75) is 18.7 Å². The van der Waals surface area contributed by atoms with E-state index < -0.39 is 10.0 Å². The summed E-state index contributed by atoms with van der Waals surface area (Å²) in [5, 5.41) is 0. The fourth-order valence-electron chi connectivity index (χ4n) is 1.78. The number of carbonyl (C=O) groups excluding carboxylic acids is 1. The van der Waals surface area contributed by atoms with E-state index in [4.69, 9.17) is 0 Å². The maximum Gasteiger partial charge on any atom is 0.240 e. The average Bonchev–Trinajstić information content (AvgIpc) is 2.37. The van der Waals surface area contributed by atoms with Crippen LogP contribution < -0.4 is 4.72 Å². The highest BCUT2D eigenvalue weighted by molar-refractivity contribution is 7.89. The highest BCUT2D eigenvalue weighted by atomic mass is 32.2. The van der Waals surface area contributed by atoms with Crippen LogP contribution in [0, 0.1) is 6.92 Å². The molecule has 0 aliphatic carbocycles. The first-order valence-corrected chi connectivity index (χ1v) is 7.78. The number of hydrogen-bond donors (Lipinski definition) is 1. The summed E-state index contributed by atoms with van der Waals surface area (Å²) in [6.07, 6.45) is 1.61. The van der Waals surface area contributed by atoms with E-state index in [1.165, 1.54) is 11.8 Å². The third-order valence-corrected chi connectivity index (χ3v) is 4.47. The van der Waals surface area contributed by atoms with Crippen molar-refractivity contribution in [2.75, 3.05) is 19.6 Å². The first-order chi connectivity index (χ1) is 9.38. The van der Waals surface area contributed by atoms with Crippen molar-refractivity contribution >= 4 is 15.9 Å². The van der Waals surface area contributed by atoms with Crippen molar-refractivity contribution in [3.05, 3.63) is 42.5 Å². The van der Waals surface area contributed by atoms with Gasteiger partial charge in [-0.3, -0.25) is 4.79 Å². The maximum absolute atomic E-state index is 12.1. The molecule has 20 heavy (non-hydrogen) atoms. The van der Waals surface area contributed by atoms with Gasteiger partial charge in [-0.2, -0.15) is 0 Å². The van der Waals surface area contributed by atoms with Gasteiger partial charge in [-0.15, -0.1) is 6.58 Å². The number of carbonyl (C=O) groups is 1. The second kappa shape index (κ2) is 7.21. The van der Waals surface area contributed by atoms with E-state index in [1.54, 1.807) is 37.3 Å². The Morgan fingerprint density at radius 3 is 2.60 bits per heavy atom. The molecule has 0 spiro atoms. The van der Waals surface area contributed by atoms with Crippen molar-refractivity contribution in [2.24, 2.45) is 0 Å². The Bertz CT molecular complexity index is 582. The molecule has 5 nitrogen and oxygen atoms in total. The van der Waals surface area contributed by atoms with Crippen LogP contribution in [0.15, 0.2) is 41.8 Å². The van der Waals surface area contributed by atoms with Gasteiger partial charge in [0.2, 0.25) is 15.9 Å². The summed E-state index contributed by atoms with van der Waals surface area (Å²) in [5.74, 6) is -0.111. The molecule has 6 heteroatoms. The van der Waals surface area contributed by atoms with Crippen LogP contribution in [0.1, 0.15) is 12.5 Å². The second-order valence-corrected chi connectivity index (χ2v) is 6.15. The fraction of sp³-hybridized carbons (Fsp3) is 0.357. The van der Waals surface area contributed by atoms with E-state index in [2.05, 4.69) is 11.3 Å². The lowest BCUT2D eigenvalue weighted by atomic mass is 10.2. The molecule has 0 fully saturated rings. The summed E-state index contributed by atoms with van der Waals surface area (Å²) < 4.78 is 26.8. The van der Waals surface area contributed by atoms with Gasteiger partial charge in [0.1, 0.15) is 0 Å². The van der Waals surface area contributed by atoms with Crippen LogP contribution >= 0.6 is 0 Å². The number of amides is 1. The number of rotatable bonds is 7. The summed E-state index contributed by atoms with van der Waals surface area (Å²) in [5.41, 5.74) is 0.689. The minimum Gasteiger partial charge on any atom is -0.338 e. The molecule has 0 bridgehead atoms. The lowest BCUT2D eigenvalue weighted by molar-refractivity contribution is -0.128. The molecule has 1 amide bonds. The molecule has 110 valence electrons. The topological polar surface area (TPSA) is 66.5 Å². The molecular weight excluding hydrogens is 276 g/mol. The fourth-order valence-corrected chi connectivity index (χ4v) is 3.05. The molecule has 0 heterocycles. The number of nitrogens with zero attached hydrogens (tertiary/aromatic N) is 1. The summed E-state index contributed by atoms with van der Waals surface area (Å²) in [7, 11) is -3.54. The number of hydrogen-bond acceptors (Lipinski definition) is 3. The summed E-state index contributed by atoms with van der Waals surface area (Å²) >= 11 is 0. The number of aryl methyl sites for hydroxylation is 1. The molecule has 0 atom stereocenters. The zero-order chi connectivity index (χ0) is 15.2. The third-order valence-electron chi connectivity index (χ3n) is 2.85. The predicted octanol–water partition coefficient (Wildman–Crippen LogP) is 1.31. The van der Waals surface area contributed by atoms with Gasteiger partial charge in [0, 0.05) is 26.6 Å². The highest BCUT2D eigenvalue weighted by Crippen LogP contribution is 2.13. The molecule has 0 radical (unpaired) electrons. The Balaban J connectivity index is 2.67. The van der Waals surface area contributed by atoms with E-state index >= 15 is 0 Å². The summed E-state index contributed by atoms with van der Waals surface area (Å²) in [6, 6.07) is 6.77. The lowest BCUT2D eigenvalue weighted by Crippen LogP contribution is -2.37. The molecule has 1 aromatic rings. The van der Waals surface area contributed by atoms with Gasteiger partial charge in [0.05, 0.1) is 4.90 Å². The average molecular weight is 296 g/mol. The van der Waals surface area contributed by atoms with Crippen LogP contribution in [0.3, 0.4) is 0 Å². The van der Waals surface area contributed by atoms with E-state index in [9.17, 15) is 13.2 Å². The third kappa shape index (κ3) is 4.47. The van der Waals surface area contributed by atoms with Crippen molar-refractivity contribution in [1.29, 1.82) is 0 Å². The monoisotopic (exact) mass is 296 g/mol. The molecule has 0 aliphatic rings. The first kappa shape index (κ1) is 16.4. The quantitative estimate of drug-likeness (QED) is 0.771. The Kier molecular flexibility index (Phi) is 5.91. The lowest BCUT2D eigenvalue weighted by Gasteiger charge is -2.19. The van der Waals surface area contributed by atoms with Gasteiger partial charge in [-0.1, -0.05) is 24.3 Å². The number of nitrogens with one attached hydrogen (secondary N) is 1. The Morgan fingerprint density at radius 2 is 2.05 bits per heavy atom. The SMILES string of the molecule is C=CCN(CCNS(=O)(=O)c1ccccc1C)C(C)=O. The molecule has 1 aromatic carbocycles. The van der Waals surface area contributed by atoms with E-state index in [0.717, 1.165) is 0 Å². The molecule has 0 aliphatic heterocycles. The molecule has 1 rings (SSSR count). The van der Waals surface area contributed by atoms with Crippen LogP contribution in [0.2, 0.25) is 0 Å². The van der Waals surface area contributed by atoms with Crippen LogP contribution in [0.4, 0.5) is 0 Å². The van der Waals surface area contributed by atoms with E-state index in [0.29, 0.717) is 18.7 Å². The van der Waals surface area contributed by atoms with Crippen molar-refractivity contribution < 1.29 is 13.2 Å². The van der Waals surface area contributed by atoms with Gasteiger partial charge in [-0.25, -0.2) is 13.1 Å². The van der Waals surface area contributed by atoms with Gasteiger partial charge < -0.3 is 4.90 Å². The van der Waals surface area contributed by atoms with Gasteiger partial charge in [0.15, 0.2) is 0 Å². The van der Waals surface area contributed by atoms with Crippen LogP contribution in [0.25, 0.3) is 0 Å². The summed E-state index contributed by atoms with van der Waals surface area (Å²) in [4.78, 5) is 13.1. The zero-order valence-corrected chi connectivity index (χ0v) is 12.6. The van der Waals surface area contributed by atoms with Crippen molar-refractivity contribution in [1.82, 2.24) is 9.62 Å². The molecule has 1 N–H and O–H groups in total. The highest BCUT2D eigenvalue weighted by Gasteiger charge is 2.16. The largest absolute Gasteiger partial charge is 0.338 e. The van der Waals surface area contributed by atoms with E-state index in [1.807, 2.05) is 0 Å². The zero-order valence-electron chi connectivity index (χ0n) is 11.8. The molecule has 0 saturated heterocycles. The smallest absolute Gasteiger partial charge is 0.240 e. The Hall–Kier alpha value is -1.66. The number of sulfonamides is 1. The molecular formula is C14H20N2O3S.